The molecule has 2 heterocycles. The van der Waals surface area contributed by atoms with E-state index in [9.17, 15) is 4.79 Å². The van der Waals surface area contributed by atoms with Gasteiger partial charge >= 0.3 is 0 Å². The summed E-state index contributed by atoms with van der Waals surface area (Å²) in [5.74, 6) is 1.27. The second kappa shape index (κ2) is 8.27. The fraction of sp³-hybridized carbons (Fsp3) is 0.474. The fourth-order valence-corrected chi connectivity index (χ4v) is 3.05. The van der Waals surface area contributed by atoms with Crippen molar-refractivity contribution in [2.45, 2.75) is 13.1 Å². The number of hydrogen-bond acceptors (Lipinski definition) is 4. The van der Waals surface area contributed by atoms with Crippen LogP contribution in [0.4, 0.5) is 0 Å². The molecule has 0 unspecified atom stereocenters. The largest absolute Gasteiger partial charge is 0.348 e. The molecule has 2 aromatic rings. The highest BCUT2D eigenvalue weighted by atomic mass is 16.2. The van der Waals surface area contributed by atoms with Crippen LogP contribution in [-0.2, 0) is 17.9 Å². The average Bonchev–Trinajstić information content (AvgIpc) is 3.04. The molecule has 0 N–H and O–H groups in total. The van der Waals surface area contributed by atoms with Crippen molar-refractivity contribution >= 4 is 5.91 Å². The number of aromatic nitrogens is 2. The van der Waals surface area contributed by atoms with Gasteiger partial charge < -0.3 is 9.47 Å². The monoisotopic (exact) mass is 341 g/mol. The van der Waals surface area contributed by atoms with E-state index in [0.29, 0.717) is 6.54 Å². The standard InChI is InChI=1S/C19H27N5O/c1-21(2)19(25)16-23-12-10-22(11-13-23)15-18-20-8-9-24(18)14-17-6-4-3-5-7-17/h3-9H,10-16H2,1-2H3. The molecule has 0 aliphatic carbocycles. The minimum absolute atomic E-state index is 0.173. The molecule has 1 saturated heterocycles. The van der Waals surface area contributed by atoms with E-state index in [1.165, 1.54) is 5.56 Å². The van der Waals surface area contributed by atoms with Crippen LogP contribution in [0.1, 0.15) is 11.4 Å². The van der Waals surface area contributed by atoms with Gasteiger partial charge in [0.2, 0.25) is 5.91 Å². The van der Waals surface area contributed by atoms with Crippen molar-refractivity contribution in [3.05, 3.63) is 54.1 Å². The topological polar surface area (TPSA) is 44.6 Å². The van der Waals surface area contributed by atoms with Gasteiger partial charge in [0, 0.05) is 59.2 Å². The second-order valence-electron chi connectivity index (χ2n) is 6.80. The lowest BCUT2D eigenvalue weighted by Crippen LogP contribution is -2.49. The maximum absolute atomic E-state index is 11.8. The summed E-state index contributed by atoms with van der Waals surface area (Å²) < 4.78 is 2.22. The van der Waals surface area contributed by atoms with Gasteiger partial charge in [0.1, 0.15) is 5.82 Å². The predicted octanol–water partition coefficient (Wildman–Crippen LogP) is 1.14. The summed E-state index contributed by atoms with van der Waals surface area (Å²) >= 11 is 0. The van der Waals surface area contributed by atoms with Gasteiger partial charge in [-0.1, -0.05) is 30.3 Å². The summed E-state index contributed by atoms with van der Waals surface area (Å²) in [4.78, 5) is 22.7. The molecule has 25 heavy (non-hydrogen) atoms. The number of imidazole rings is 1. The molecule has 1 aromatic carbocycles. The van der Waals surface area contributed by atoms with Crippen LogP contribution in [0.15, 0.2) is 42.7 Å². The summed E-state index contributed by atoms with van der Waals surface area (Å²) in [5, 5.41) is 0. The molecule has 3 rings (SSSR count). The van der Waals surface area contributed by atoms with E-state index in [1.807, 2.05) is 32.6 Å². The molecule has 0 radical (unpaired) electrons. The first-order chi connectivity index (χ1) is 12.1. The smallest absolute Gasteiger partial charge is 0.236 e. The van der Waals surface area contributed by atoms with Crippen LogP contribution in [0.25, 0.3) is 0 Å². The van der Waals surface area contributed by atoms with Crippen molar-refractivity contribution in [2.24, 2.45) is 0 Å². The maximum atomic E-state index is 11.8. The lowest BCUT2D eigenvalue weighted by atomic mass is 10.2. The van der Waals surface area contributed by atoms with Gasteiger partial charge in [-0.15, -0.1) is 0 Å². The molecule has 0 saturated carbocycles. The van der Waals surface area contributed by atoms with Gasteiger partial charge in [-0.05, 0) is 5.56 Å². The summed E-state index contributed by atoms with van der Waals surface area (Å²) in [5.41, 5.74) is 1.29. The number of carbonyl (C=O) groups is 1. The Hall–Kier alpha value is -2.18. The molecular weight excluding hydrogens is 314 g/mol. The number of carbonyl (C=O) groups excluding carboxylic acids is 1. The lowest BCUT2D eigenvalue weighted by molar-refractivity contribution is -0.130. The number of benzene rings is 1. The van der Waals surface area contributed by atoms with E-state index in [0.717, 1.165) is 45.1 Å². The van der Waals surface area contributed by atoms with Crippen LogP contribution in [0.2, 0.25) is 0 Å². The van der Waals surface area contributed by atoms with Crippen LogP contribution < -0.4 is 0 Å². The van der Waals surface area contributed by atoms with Crippen LogP contribution in [-0.4, -0.2) is 77.0 Å². The van der Waals surface area contributed by atoms with Crippen LogP contribution in [0, 0.1) is 0 Å². The molecule has 134 valence electrons. The van der Waals surface area contributed by atoms with Crippen molar-refractivity contribution < 1.29 is 4.79 Å². The van der Waals surface area contributed by atoms with Gasteiger partial charge in [-0.3, -0.25) is 14.6 Å². The SMILES string of the molecule is CN(C)C(=O)CN1CCN(Cc2nccn2Cc2ccccc2)CC1. The predicted molar refractivity (Wildman–Crippen MR) is 98.2 cm³/mol. The van der Waals surface area contributed by atoms with Gasteiger partial charge in [0.05, 0.1) is 13.1 Å². The number of piperazine rings is 1. The van der Waals surface area contributed by atoms with Crippen LogP contribution >= 0.6 is 0 Å². The molecule has 0 spiro atoms. The zero-order valence-corrected chi connectivity index (χ0v) is 15.1. The van der Waals surface area contributed by atoms with E-state index in [4.69, 9.17) is 0 Å². The summed E-state index contributed by atoms with van der Waals surface area (Å²) in [6.45, 7) is 6.03. The summed E-state index contributed by atoms with van der Waals surface area (Å²) in [6.07, 6.45) is 3.93. The first-order valence-electron chi connectivity index (χ1n) is 8.80. The van der Waals surface area contributed by atoms with Gasteiger partial charge in [0.25, 0.3) is 0 Å². The molecule has 0 bridgehead atoms. The molecule has 0 atom stereocenters. The average molecular weight is 341 g/mol. The Balaban J connectivity index is 1.51. The Labute approximate surface area is 149 Å². The third kappa shape index (κ3) is 4.90. The third-order valence-electron chi connectivity index (χ3n) is 4.69. The van der Waals surface area contributed by atoms with Gasteiger partial charge in [-0.2, -0.15) is 0 Å². The molecule has 1 aliphatic heterocycles. The van der Waals surface area contributed by atoms with Gasteiger partial charge in [0.15, 0.2) is 0 Å². The molecule has 1 amide bonds. The Morgan fingerprint density at radius 3 is 2.40 bits per heavy atom. The van der Waals surface area contributed by atoms with Crippen molar-refractivity contribution in [2.75, 3.05) is 46.8 Å². The zero-order valence-electron chi connectivity index (χ0n) is 15.1. The highest BCUT2D eigenvalue weighted by Gasteiger charge is 2.20. The number of hydrogen-bond donors (Lipinski definition) is 0. The third-order valence-corrected chi connectivity index (χ3v) is 4.69. The lowest BCUT2D eigenvalue weighted by Gasteiger charge is -2.34. The first kappa shape index (κ1) is 17.6. The van der Waals surface area contributed by atoms with Crippen LogP contribution in [0.5, 0.6) is 0 Å². The Bertz CT molecular complexity index is 674. The highest BCUT2D eigenvalue weighted by Crippen LogP contribution is 2.10. The molecule has 6 nitrogen and oxygen atoms in total. The van der Waals surface area contributed by atoms with Crippen molar-refractivity contribution in [3.63, 3.8) is 0 Å². The Kier molecular flexibility index (Phi) is 5.83. The zero-order chi connectivity index (χ0) is 17.6. The van der Waals surface area contributed by atoms with E-state index in [1.54, 1.807) is 4.90 Å². The van der Waals surface area contributed by atoms with E-state index in [2.05, 4.69) is 43.6 Å². The normalized spacial score (nSPS) is 16.1. The number of likely N-dealkylation sites (N-methyl/N-ethyl adjacent to an activating group) is 1. The summed E-state index contributed by atoms with van der Waals surface area (Å²) in [6, 6.07) is 10.5. The Morgan fingerprint density at radius 2 is 1.72 bits per heavy atom. The molecule has 1 aliphatic rings. The fourth-order valence-electron chi connectivity index (χ4n) is 3.05. The maximum Gasteiger partial charge on any atom is 0.236 e. The van der Waals surface area contributed by atoms with Crippen LogP contribution in [0.3, 0.4) is 0 Å². The first-order valence-corrected chi connectivity index (χ1v) is 8.80. The van der Waals surface area contributed by atoms with Gasteiger partial charge in [-0.25, -0.2) is 4.98 Å². The van der Waals surface area contributed by atoms with Crippen molar-refractivity contribution in [1.29, 1.82) is 0 Å². The van der Waals surface area contributed by atoms with E-state index >= 15 is 0 Å². The molecule has 1 aromatic heterocycles. The molecule has 6 heteroatoms. The number of nitrogens with zero attached hydrogens (tertiary/aromatic N) is 5. The molecular formula is C19H27N5O. The number of amides is 1. The van der Waals surface area contributed by atoms with E-state index < -0.39 is 0 Å². The van der Waals surface area contributed by atoms with E-state index in [-0.39, 0.29) is 5.91 Å². The minimum Gasteiger partial charge on any atom is -0.348 e. The summed E-state index contributed by atoms with van der Waals surface area (Å²) in [7, 11) is 3.62. The quantitative estimate of drug-likeness (QED) is 0.790. The highest BCUT2D eigenvalue weighted by molar-refractivity contribution is 5.77. The van der Waals surface area contributed by atoms with Crippen molar-refractivity contribution in [1.82, 2.24) is 24.3 Å². The number of rotatable bonds is 6. The van der Waals surface area contributed by atoms with Crippen molar-refractivity contribution in [3.8, 4) is 0 Å². The Morgan fingerprint density at radius 1 is 1.04 bits per heavy atom. The second-order valence-corrected chi connectivity index (χ2v) is 6.80. The molecule has 1 fully saturated rings. The minimum atomic E-state index is 0.173.